The third-order valence-electron chi connectivity index (χ3n) is 2.81. The van der Waals surface area contributed by atoms with Crippen LogP contribution in [0.2, 0.25) is 0 Å². The highest BCUT2D eigenvalue weighted by molar-refractivity contribution is 7.89. The number of hydrogen-bond donors (Lipinski definition) is 2. The Kier molecular flexibility index (Phi) is 5.97. The van der Waals surface area contributed by atoms with Gasteiger partial charge in [-0.15, -0.1) is 0 Å². The first kappa shape index (κ1) is 16.5. The van der Waals surface area contributed by atoms with E-state index >= 15 is 0 Å². The van der Waals surface area contributed by atoms with Gasteiger partial charge in [0.2, 0.25) is 15.9 Å². The molecule has 0 bridgehead atoms. The molecule has 0 fully saturated rings. The van der Waals surface area contributed by atoms with Gasteiger partial charge in [-0.2, -0.15) is 0 Å². The molecule has 0 radical (unpaired) electrons. The van der Waals surface area contributed by atoms with E-state index in [1.807, 2.05) is 13.8 Å². The Morgan fingerprint density at radius 2 is 1.90 bits per heavy atom. The van der Waals surface area contributed by atoms with Gasteiger partial charge in [-0.25, -0.2) is 13.1 Å². The first-order valence-corrected chi connectivity index (χ1v) is 7.80. The summed E-state index contributed by atoms with van der Waals surface area (Å²) in [4.78, 5) is 11.6. The fourth-order valence-corrected chi connectivity index (χ4v) is 2.41. The van der Waals surface area contributed by atoms with Crippen LogP contribution < -0.4 is 14.8 Å². The van der Waals surface area contributed by atoms with Crippen LogP contribution in [-0.2, 0) is 14.8 Å². The van der Waals surface area contributed by atoms with Crippen molar-refractivity contribution in [3.05, 3.63) is 24.3 Å². The minimum absolute atomic E-state index is 0.0213. The van der Waals surface area contributed by atoms with Crippen molar-refractivity contribution in [1.82, 2.24) is 10.0 Å². The molecule has 0 aliphatic carbocycles. The van der Waals surface area contributed by atoms with E-state index in [1.165, 1.54) is 19.2 Å². The van der Waals surface area contributed by atoms with Crippen LogP contribution in [-0.4, -0.2) is 34.0 Å². The lowest BCUT2D eigenvalue weighted by molar-refractivity contribution is -0.120. The summed E-state index contributed by atoms with van der Waals surface area (Å²) in [7, 11) is -2.19. The van der Waals surface area contributed by atoms with Crippen molar-refractivity contribution >= 4 is 15.9 Å². The number of amides is 1. The third-order valence-corrected chi connectivity index (χ3v) is 4.23. The van der Waals surface area contributed by atoms with Gasteiger partial charge >= 0.3 is 0 Å². The zero-order chi connectivity index (χ0) is 15.2. The smallest absolute Gasteiger partial charge is 0.241 e. The highest BCUT2D eigenvalue weighted by Gasteiger charge is 2.16. The Morgan fingerprint density at radius 3 is 2.40 bits per heavy atom. The Morgan fingerprint density at radius 1 is 1.30 bits per heavy atom. The van der Waals surface area contributed by atoms with Crippen molar-refractivity contribution in [3.63, 3.8) is 0 Å². The molecule has 7 heteroatoms. The second kappa shape index (κ2) is 7.25. The normalized spacial score (nSPS) is 12.8. The minimum Gasteiger partial charge on any atom is -0.497 e. The van der Waals surface area contributed by atoms with E-state index in [2.05, 4.69) is 10.0 Å². The number of carbonyl (C=O) groups is 1. The Balaban J connectivity index is 2.63. The topological polar surface area (TPSA) is 84.5 Å². The number of methoxy groups -OCH3 is 1. The van der Waals surface area contributed by atoms with Crippen LogP contribution >= 0.6 is 0 Å². The fraction of sp³-hybridized carbons (Fsp3) is 0.462. The third kappa shape index (κ3) is 4.82. The fourth-order valence-electron chi connectivity index (χ4n) is 1.43. The molecule has 0 aromatic heterocycles. The van der Waals surface area contributed by atoms with Gasteiger partial charge in [0, 0.05) is 6.04 Å². The van der Waals surface area contributed by atoms with Gasteiger partial charge in [0.1, 0.15) is 5.75 Å². The molecule has 1 aromatic carbocycles. The van der Waals surface area contributed by atoms with Crippen molar-refractivity contribution in [2.24, 2.45) is 0 Å². The van der Waals surface area contributed by atoms with Gasteiger partial charge in [0.25, 0.3) is 0 Å². The second-order valence-electron chi connectivity index (χ2n) is 4.38. The van der Waals surface area contributed by atoms with Crippen LogP contribution in [0.3, 0.4) is 0 Å². The molecule has 1 unspecified atom stereocenters. The predicted octanol–water partition coefficient (Wildman–Crippen LogP) is 0.888. The molecule has 1 aromatic rings. The van der Waals surface area contributed by atoms with Gasteiger partial charge in [0.05, 0.1) is 18.6 Å². The van der Waals surface area contributed by atoms with Crippen molar-refractivity contribution < 1.29 is 17.9 Å². The maximum Gasteiger partial charge on any atom is 0.241 e. The number of rotatable bonds is 7. The van der Waals surface area contributed by atoms with Crippen molar-refractivity contribution in [3.8, 4) is 5.75 Å². The molecule has 0 saturated heterocycles. The molecular formula is C13H20N2O4S. The van der Waals surface area contributed by atoms with E-state index in [0.717, 1.165) is 6.42 Å². The number of hydrogen-bond acceptors (Lipinski definition) is 4. The first-order valence-electron chi connectivity index (χ1n) is 6.32. The van der Waals surface area contributed by atoms with Gasteiger partial charge < -0.3 is 10.1 Å². The van der Waals surface area contributed by atoms with Crippen LogP contribution in [0.1, 0.15) is 20.3 Å². The minimum atomic E-state index is -3.69. The maximum absolute atomic E-state index is 12.0. The highest BCUT2D eigenvalue weighted by atomic mass is 32.2. The lowest BCUT2D eigenvalue weighted by atomic mass is 10.2. The second-order valence-corrected chi connectivity index (χ2v) is 6.14. The van der Waals surface area contributed by atoms with E-state index in [4.69, 9.17) is 4.74 Å². The Labute approximate surface area is 119 Å². The summed E-state index contributed by atoms with van der Waals surface area (Å²) in [5.74, 6) is 0.218. The molecule has 0 aliphatic rings. The molecular weight excluding hydrogens is 280 g/mol. The van der Waals surface area contributed by atoms with Gasteiger partial charge in [-0.05, 0) is 37.6 Å². The Bertz CT molecular complexity index is 540. The first-order chi connectivity index (χ1) is 9.39. The summed E-state index contributed by atoms with van der Waals surface area (Å²) < 4.78 is 31.1. The number of ether oxygens (including phenoxy) is 1. The quantitative estimate of drug-likeness (QED) is 0.783. The van der Waals surface area contributed by atoms with E-state index in [-0.39, 0.29) is 23.4 Å². The molecule has 0 aliphatic heterocycles. The highest BCUT2D eigenvalue weighted by Crippen LogP contribution is 2.14. The molecule has 20 heavy (non-hydrogen) atoms. The summed E-state index contributed by atoms with van der Waals surface area (Å²) in [6.07, 6.45) is 0.789. The van der Waals surface area contributed by atoms with Crippen LogP contribution in [0.5, 0.6) is 5.75 Å². The zero-order valence-corrected chi connectivity index (χ0v) is 12.7. The SMILES string of the molecule is CCC(C)NC(=O)CNS(=O)(=O)c1ccc(OC)cc1. The van der Waals surface area contributed by atoms with Crippen LogP contribution in [0.25, 0.3) is 0 Å². The van der Waals surface area contributed by atoms with E-state index in [9.17, 15) is 13.2 Å². The molecule has 0 heterocycles. The van der Waals surface area contributed by atoms with Gasteiger partial charge in [-0.3, -0.25) is 4.79 Å². The molecule has 0 saturated carbocycles. The molecule has 112 valence electrons. The monoisotopic (exact) mass is 300 g/mol. The summed E-state index contributed by atoms with van der Waals surface area (Å²) >= 11 is 0. The van der Waals surface area contributed by atoms with Crippen LogP contribution in [0.4, 0.5) is 0 Å². The largest absolute Gasteiger partial charge is 0.497 e. The maximum atomic E-state index is 12.0. The molecule has 1 amide bonds. The average molecular weight is 300 g/mol. The van der Waals surface area contributed by atoms with E-state index < -0.39 is 10.0 Å². The van der Waals surface area contributed by atoms with Gasteiger partial charge in [0.15, 0.2) is 0 Å². The molecule has 1 atom stereocenters. The molecule has 6 nitrogen and oxygen atoms in total. The van der Waals surface area contributed by atoms with Crippen LogP contribution in [0, 0.1) is 0 Å². The summed E-state index contributed by atoms with van der Waals surface area (Å²) in [6, 6.07) is 5.97. The predicted molar refractivity (Wildman–Crippen MR) is 76.1 cm³/mol. The van der Waals surface area contributed by atoms with Crippen molar-refractivity contribution in [1.29, 1.82) is 0 Å². The molecule has 0 spiro atoms. The van der Waals surface area contributed by atoms with Crippen LogP contribution in [0.15, 0.2) is 29.2 Å². The lowest BCUT2D eigenvalue weighted by Crippen LogP contribution is -2.40. The van der Waals surface area contributed by atoms with Gasteiger partial charge in [-0.1, -0.05) is 6.92 Å². The summed E-state index contributed by atoms with van der Waals surface area (Å²) in [6.45, 7) is 3.51. The Hall–Kier alpha value is -1.60. The van der Waals surface area contributed by atoms with E-state index in [1.54, 1.807) is 12.1 Å². The number of benzene rings is 1. The average Bonchev–Trinajstić information content (AvgIpc) is 2.45. The van der Waals surface area contributed by atoms with Crippen molar-refractivity contribution in [2.45, 2.75) is 31.2 Å². The lowest BCUT2D eigenvalue weighted by Gasteiger charge is -2.12. The number of sulfonamides is 1. The van der Waals surface area contributed by atoms with E-state index in [0.29, 0.717) is 5.75 Å². The summed E-state index contributed by atoms with van der Waals surface area (Å²) in [5, 5.41) is 2.69. The standard InChI is InChI=1S/C13H20N2O4S/c1-4-10(2)15-13(16)9-14-20(17,18)12-7-5-11(19-3)6-8-12/h5-8,10,14H,4,9H2,1-3H3,(H,15,16). The number of nitrogens with one attached hydrogen (secondary N) is 2. The zero-order valence-electron chi connectivity index (χ0n) is 11.8. The number of carbonyl (C=O) groups excluding carboxylic acids is 1. The van der Waals surface area contributed by atoms with Crippen molar-refractivity contribution in [2.75, 3.05) is 13.7 Å². The summed E-state index contributed by atoms with van der Waals surface area (Å²) in [5.41, 5.74) is 0. The molecule has 1 rings (SSSR count). The molecule has 2 N–H and O–H groups in total.